The molecule has 190 valence electrons. The molecule has 0 bridgehead atoms. The van der Waals surface area contributed by atoms with Crippen LogP contribution in [0.3, 0.4) is 0 Å². The van der Waals surface area contributed by atoms with Gasteiger partial charge in [-0.15, -0.1) is 0 Å². The van der Waals surface area contributed by atoms with E-state index in [1.807, 2.05) is 36.4 Å². The first-order chi connectivity index (χ1) is 17.7. The van der Waals surface area contributed by atoms with Gasteiger partial charge in [-0.3, -0.25) is 19.6 Å². The van der Waals surface area contributed by atoms with Gasteiger partial charge in [-0.25, -0.2) is 4.98 Å². The quantitative estimate of drug-likeness (QED) is 0.214. The van der Waals surface area contributed by atoms with Crippen LogP contribution in [-0.4, -0.2) is 33.2 Å². The average molecular weight is 495 g/mol. The van der Waals surface area contributed by atoms with E-state index in [-0.39, 0.29) is 17.1 Å². The van der Waals surface area contributed by atoms with Gasteiger partial charge in [0.25, 0.3) is 5.91 Å². The third-order valence-electron chi connectivity index (χ3n) is 6.19. The zero-order valence-corrected chi connectivity index (χ0v) is 22.0. The number of nitrogens with one attached hydrogen (secondary N) is 1. The second-order valence-corrected chi connectivity index (χ2v) is 10.6. The van der Waals surface area contributed by atoms with Gasteiger partial charge in [0.15, 0.2) is 5.78 Å². The van der Waals surface area contributed by atoms with Crippen molar-refractivity contribution in [3.63, 3.8) is 0 Å². The molecule has 6 nitrogen and oxygen atoms in total. The van der Waals surface area contributed by atoms with Crippen molar-refractivity contribution >= 4 is 22.6 Å². The zero-order chi connectivity index (χ0) is 26.4. The van der Waals surface area contributed by atoms with E-state index >= 15 is 0 Å². The number of benzene rings is 2. The smallest absolute Gasteiger partial charge is 0.271 e. The van der Waals surface area contributed by atoms with Crippen LogP contribution in [0.5, 0.6) is 0 Å². The molecule has 2 aromatic carbocycles. The minimum atomic E-state index is -0.220. The van der Waals surface area contributed by atoms with Crippen molar-refractivity contribution in [1.82, 2.24) is 20.3 Å². The van der Waals surface area contributed by atoms with Gasteiger partial charge in [-0.2, -0.15) is 0 Å². The molecule has 0 aliphatic carbocycles. The summed E-state index contributed by atoms with van der Waals surface area (Å²) in [6.07, 6.45) is 7.85. The van der Waals surface area contributed by atoms with Crippen LogP contribution in [0, 0.1) is 5.41 Å². The van der Waals surface area contributed by atoms with Crippen LogP contribution in [0.1, 0.15) is 78.9 Å². The molecule has 0 spiro atoms. The first kappa shape index (κ1) is 26.1. The normalized spacial score (nSPS) is 11.5. The number of fused-ring (bicyclic) bond motifs is 1. The van der Waals surface area contributed by atoms with E-state index in [4.69, 9.17) is 0 Å². The maximum atomic E-state index is 13.4. The van der Waals surface area contributed by atoms with E-state index in [1.54, 1.807) is 12.4 Å². The van der Waals surface area contributed by atoms with Crippen molar-refractivity contribution in [2.75, 3.05) is 6.54 Å². The summed E-state index contributed by atoms with van der Waals surface area (Å²) in [4.78, 5) is 39.2. The van der Waals surface area contributed by atoms with Crippen molar-refractivity contribution in [1.29, 1.82) is 0 Å². The minimum absolute atomic E-state index is 0.0939. The number of Topliss-reactive ketones (excluding diaryl/α,β-unsaturated/α-hetero) is 1. The maximum Gasteiger partial charge on any atom is 0.271 e. The Morgan fingerprint density at radius 2 is 1.70 bits per heavy atom. The monoisotopic (exact) mass is 494 g/mol. The van der Waals surface area contributed by atoms with Gasteiger partial charge >= 0.3 is 0 Å². The largest absolute Gasteiger partial charge is 0.351 e. The average Bonchev–Trinajstić information content (AvgIpc) is 2.88. The summed E-state index contributed by atoms with van der Waals surface area (Å²) in [6, 6.07) is 16.1. The van der Waals surface area contributed by atoms with Gasteiger partial charge < -0.3 is 5.32 Å². The summed E-state index contributed by atoms with van der Waals surface area (Å²) in [5.74, 6) is -0.126. The van der Waals surface area contributed by atoms with Gasteiger partial charge in [0, 0.05) is 35.7 Å². The number of ketones is 1. The lowest BCUT2D eigenvalue weighted by Gasteiger charge is -2.19. The van der Waals surface area contributed by atoms with Crippen LogP contribution in [0.15, 0.2) is 67.1 Å². The summed E-state index contributed by atoms with van der Waals surface area (Å²) in [7, 11) is 0. The fourth-order valence-corrected chi connectivity index (χ4v) is 4.28. The van der Waals surface area contributed by atoms with Crippen molar-refractivity contribution < 1.29 is 9.59 Å². The van der Waals surface area contributed by atoms with E-state index in [0.717, 1.165) is 40.4 Å². The number of pyridine rings is 1. The van der Waals surface area contributed by atoms with E-state index in [0.29, 0.717) is 36.3 Å². The molecule has 1 N–H and O–H groups in total. The van der Waals surface area contributed by atoms with Crippen LogP contribution in [-0.2, 0) is 6.42 Å². The third kappa shape index (κ3) is 6.64. The predicted octanol–water partition coefficient (Wildman–Crippen LogP) is 6.43. The summed E-state index contributed by atoms with van der Waals surface area (Å²) >= 11 is 0. The Kier molecular flexibility index (Phi) is 8.07. The molecule has 0 saturated carbocycles. The van der Waals surface area contributed by atoms with Crippen LogP contribution in [0.2, 0.25) is 0 Å². The number of hydrogen-bond donors (Lipinski definition) is 1. The predicted molar refractivity (Wildman–Crippen MR) is 148 cm³/mol. The minimum Gasteiger partial charge on any atom is -0.351 e. The van der Waals surface area contributed by atoms with Gasteiger partial charge in [0.05, 0.1) is 23.6 Å². The first-order valence-electron chi connectivity index (χ1n) is 12.8. The molecule has 4 rings (SSSR count). The highest BCUT2D eigenvalue weighted by atomic mass is 16.2. The number of carbonyl (C=O) groups is 2. The fourth-order valence-electron chi connectivity index (χ4n) is 4.28. The third-order valence-corrected chi connectivity index (χ3v) is 6.19. The molecule has 37 heavy (non-hydrogen) atoms. The molecule has 0 saturated heterocycles. The molecule has 6 heteroatoms. The number of unbranched alkanes of at least 4 members (excludes halogenated alkanes) is 1. The molecule has 2 heterocycles. The molecule has 0 radical (unpaired) electrons. The fraction of sp³-hybridized carbons (Fsp3) is 0.323. The number of aromatic nitrogens is 3. The number of hydrogen-bond acceptors (Lipinski definition) is 5. The lowest BCUT2D eigenvalue weighted by Crippen LogP contribution is -2.25. The Morgan fingerprint density at radius 1 is 0.919 bits per heavy atom. The van der Waals surface area contributed by atoms with Crippen LogP contribution in [0.4, 0.5) is 0 Å². The number of nitrogens with zero attached hydrogens (tertiary/aromatic N) is 3. The van der Waals surface area contributed by atoms with Crippen LogP contribution < -0.4 is 5.32 Å². The Balaban J connectivity index is 1.73. The molecule has 4 aromatic rings. The standard InChI is InChI=1S/C31H34N4O2/c1-5-6-14-32-30(37)28-20-34-27(19-35-28)22-12-13-26-24(16-22)23(15-21-10-8-7-9-11-21)25(18-33-26)29(36)17-31(2,3)4/h7-13,16,18-20H,5-6,14-15,17H2,1-4H3,(H,32,37). The topological polar surface area (TPSA) is 84.8 Å². The number of carbonyl (C=O) groups excluding carboxylic acids is 2. The Labute approximate surface area is 218 Å². The van der Waals surface area contributed by atoms with Gasteiger partial charge in [0.1, 0.15) is 5.69 Å². The Morgan fingerprint density at radius 3 is 2.38 bits per heavy atom. The van der Waals surface area contributed by atoms with E-state index < -0.39 is 0 Å². The molecule has 0 fully saturated rings. The summed E-state index contributed by atoms with van der Waals surface area (Å²) < 4.78 is 0. The Bertz CT molecular complexity index is 1390. The summed E-state index contributed by atoms with van der Waals surface area (Å²) in [6.45, 7) is 8.91. The molecular weight excluding hydrogens is 460 g/mol. The molecule has 0 aliphatic heterocycles. The van der Waals surface area contributed by atoms with Gasteiger partial charge in [-0.1, -0.05) is 70.5 Å². The zero-order valence-electron chi connectivity index (χ0n) is 22.0. The summed E-state index contributed by atoms with van der Waals surface area (Å²) in [5, 5.41) is 3.79. The highest BCUT2D eigenvalue weighted by Gasteiger charge is 2.22. The SMILES string of the molecule is CCCCNC(=O)c1cnc(-c2ccc3ncc(C(=O)CC(C)(C)C)c(Cc4ccccc4)c3c2)cn1. The number of amides is 1. The van der Waals surface area contributed by atoms with E-state index in [9.17, 15) is 9.59 Å². The van der Waals surface area contributed by atoms with Crippen LogP contribution >= 0.6 is 0 Å². The van der Waals surface area contributed by atoms with Gasteiger partial charge in [-0.05, 0) is 41.5 Å². The molecule has 0 unspecified atom stereocenters. The first-order valence-corrected chi connectivity index (χ1v) is 12.8. The second kappa shape index (κ2) is 11.4. The van der Waals surface area contributed by atoms with Crippen LogP contribution in [0.25, 0.3) is 22.2 Å². The highest BCUT2D eigenvalue weighted by molar-refractivity contribution is 6.02. The lowest BCUT2D eigenvalue weighted by molar-refractivity contribution is 0.0933. The molecular formula is C31H34N4O2. The van der Waals surface area contributed by atoms with Crippen molar-refractivity contribution in [3.05, 3.63) is 89.5 Å². The number of rotatable bonds is 9. The molecule has 0 aliphatic rings. The van der Waals surface area contributed by atoms with E-state index in [2.05, 4.69) is 60.1 Å². The second-order valence-electron chi connectivity index (χ2n) is 10.6. The molecule has 0 atom stereocenters. The highest BCUT2D eigenvalue weighted by Crippen LogP contribution is 2.30. The molecule has 1 amide bonds. The Hall–Kier alpha value is -3.93. The lowest BCUT2D eigenvalue weighted by atomic mass is 9.85. The van der Waals surface area contributed by atoms with E-state index in [1.165, 1.54) is 6.20 Å². The maximum absolute atomic E-state index is 13.4. The summed E-state index contributed by atoms with van der Waals surface area (Å²) in [5.41, 5.74) is 5.25. The van der Waals surface area contributed by atoms with Crippen molar-refractivity contribution in [2.45, 2.75) is 53.4 Å². The molecule has 2 aromatic heterocycles. The van der Waals surface area contributed by atoms with Gasteiger partial charge in [0.2, 0.25) is 0 Å². The van der Waals surface area contributed by atoms with Crippen molar-refractivity contribution in [3.8, 4) is 11.3 Å². The van der Waals surface area contributed by atoms with Crippen molar-refractivity contribution in [2.24, 2.45) is 5.41 Å².